The zero-order valence-electron chi connectivity index (χ0n) is 12.7. The first kappa shape index (κ1) is 17.8. The Morgan fingerprint density at radius 2 is 1.75 bits per heavy atom. The minimum absolute atomic E-state index is 0.0732. The van der Waals surface area contributed by atoms with Gasteiger partial charge in [-0.1, -0.05) is 24.3 Å². The number of hydrogen-bond acceptors (Lipinski definition) is 3. The SMILES string of the molecule is C[C@H](NC(=O)c1ccccc1OC(F)F)[C@H](O)c1ccc(F)cc1. The van der Waals surface area contributed by atoms with E-state index in [1.54, 1.807) is 6.92 Å². The number of ether oxygens (including phenoxy) is 1. The number of halogens is 3. The second-order valence-electron chi connectivity index (χ2n) is 5.13. The zero-order valence-corrected chi connectivity index (χ0v) is 12.7. The molecule has 24 heavy (non-hydrogen) atoms. The van der Waals surface area contributed by atoms with Crippen molar-refractivity contribution in [3.63, 3.8) is 0 Å². The number of benzene rings is 2. The van der Waals surface area contributed by atoms with Gasteiger partial charge < -0.3 is 15.2 Å². The molecule has 0 bridgehead atoms. The van der Waals surface area contributed by atoms with Crippen LogP contribution in [0.4, 0.5) is 13.2 Å². The van der Waals surface area contributed by atoms with Gasteiger partial charge in [0.05, 0.1) is 17.7 Å². The fraction of sp³-hybridized carbons (Fsp3) is 0.235. The van der Waals surface area contributed by atoms with Gasteiger partial charge in [-0.3, -0.25) is 4.79 Å². The molecule has 0 saturated heterocycles. The summed E-state index contributed by atoms with van der Waals surface area (Å²) in [5.74, 6) is -1.37. The van der Waals surface area contributed by atoms with Gasteiger partial charge in [-0.2, -0.15) is 8.78 Å². The summed E-state index contributed by atoms with van der Waals surface area (Å²) in [7, 11) is 0. The van der Waals surface area contributed by atoms with Gasteiger partial charge in [-0.05, 0) is 36.8 Å². The summed E-state index contributed by atoms with van der Waals surface area (Å²) in [4.78, 5) is 12.2. The first-order chi connectivity index (χ1) is 11.4. The molecule has 0 unspecified atom stereocenters. The minimum Gasteiger partial charge on any atom is -0.434 e. The Morgan fingerprint density at radius 3 is 2.38 bits per heavy atom. The third-order valence-corrected chi connectivity index (χ3v) is 3.39. The molecular weight excluding hydrogens is 323 g/mol. The lowest BCUT2D eigenvalue weighted by molar-refractivity contribution is -0.0501. The van der Waals surface area contributed by atoms with E-state index in [0.29, 0.717) is 5.56 Å². The number of aliphatic hydroxyl groups excluding tert-OH is 1. The van der Waals surface area contributed by atoms with Crippen molar-refractivity contribution in [2.24, 2.45) is 0 Å². The molecule has 0 heterocycles. The molecular formula is C17H16F3NO3. The van der Waals surface area contributed by atoms with Gasteiger partial charge in [0.2, 0.25) is 0 Å². The Morgan fingerprint density at radius 1 is 1.12 bits per heavy atom. The fourth-order valence-corrected chi connectivity index (χ4v) is 2.17. The third-order valence-electron chi connectivity index (χ3n) is 3.39. The molecule has 0 radical (unpaired) electrons. The molecule has 0 fully saturated rings. The summed E-state index contributed by atoms with van der Waals surface area (Å²) in [6.07, 6.45) is -1.09. The largest absolute Gasteiger partial charge is 0.434 e. The molecule has 4 nitrogen and oxygen atoms in total. The van der Waals surface area contributed by atoms with Crippen LogP contribution in [0.15, 0.2) is 48.5 Å². The lowest BCUT2D eigenvalue weighted by Crippen LogP contribution is -2.37. The maximum atomic E-state index is 12.9. The molecule has 0 saturated carbocycles. The number of carbonyl (C=O) groups excluding carboxylic acids is 1. The monoisotopic (exact) mass is 339 g/mol. The summed E-state index contributed by atoms with van der Waals surface area (Å²) < 4.78 is 42.0. The average Bonchev–Trinajstić information content (AvgIpc) is 2.54. The van der Waals surface area contributed by atoms with E-state index in [0.717, 1.165) is 0 Å². The fourth-order valence-electron chi connectivity index (χ4n) is 2.17. The second kappa shape index (κ2) is 7.83. The number of para-hydroxylation sites is 1. The molecule has 2 atom stereocenters. The number of hydrogen-bond donors (Lipinski definition) is 2. The molecule has 1 amide bonds. The van der Waals surface area contributed by atoms with E-state index in [4.69, 9.17) is 0 Å². The van der Waals surface area contributed by atoms with Gasteiger partial charge >= 0.3 is 6.61 Å². The number of carbonyl (C=O) groups is 1. The summed E-state index contributed by atoms with van der Waals surface area (Å²) in [6, 6.07) is 10.0. The van der Waals surface area contributed by atoms with E-state index in [1.165, 1.54) is 48.5 Å². The van der Waals surface area contributed by atoms with Gasteiger partial charge in [-0.25, -0.2) is 4.39 Å². The summed E-state index contributed by atoms with van der Waals surface area (Å²) >= 11 is 0. The highest BCUT2D eigenvalue weighted by molar-refractivity contribution is 5.97. The van der Waals surface area contributed by atoms with Gasteiger partial charge in [0, 0.05) is 0 Å². The highest BCUT2D eigenvalue weighted by Gasteiger charge is 2.21. The molecule has 0 aliphatic heterocycles. The minimum atomic E-state index is -3.05. The molecule has 2 aromatic rings. The van der Waals surface area contributed by atoms with Crippen molar-refractivity contribution < 1.29 is 27.8 Å². The lowest BCUT2D eigenvalue weighted by Gasteiger charge is -2.21. The van der Waals surface area contributed by atoms with Crippen LogP contribution >= 0.6 is 0 Å². The van der Waals surface area contributed by atoms with E-state index >= 15 is 0 Å². The Bertz CT molecular complexity index is 692. The smallest absolute Gasteiger partial charge is 0.387 e. The number of rotatable bonds is 6. The van der Waals surface area contributed by atoms with Crippen LogP contribution in [0.5, 0.6) is 5.75 Å². The first-order valence-electron chi connectivity index (χ1n) is 7.16. The van der Waals surface area contributed by atoms with Gasteiger partial charge in [-0.15, -0.1) is 0 Å². The molecule has 0 aliphatic rings. The zero-order chi connectivity index (χ0) is 17.7. The van der Waals surface area contributed by atoms with E-state index in [2.05, 4.69) is 10.1 Å². The van der Waals surface area contributed by atoms with Gasteiger partial charge in [0.25, 0.3) is 5.91 Å². The second-order valence-corrected chi connectivity index (χ2v) is 5.13. The standard InChI is InChI=1S/C17H16F3NO3/c1-10(15(22)11-6-8-12(18)9-7-11)21-16(23)13-4-2-3-5-14(13)24-17(19)20/h2-10,15,17,22H,1H3,(H,21,23)/t10-,15-/m0/s1. The van der Waals surface area contributed by atoms with Crippen LogP contribution in [0.25, 0.3) is 0 Å². The summed E-state index contributed by atoms with van der Waals surface area (Å²) in [5.41, 5.74) is 0.345. The van der Waals surface area contributed by atoms with E-state index < -0.39 is 30.5 Å². The van der Waals surface area contributed by atoms with E-state index in [-0.39, 0.29) is 11.3 Å². The Balaban J connectivity index is 2.10. The number of alkyl halides is 2. The molecule has 0 aromatic heterocycles. The highest BCUT2D eigenvalue weighted by Crippen LogP contribution is 2.22. The van der Waals surface area contributed by atoms with Crippen molar-refractivity contribution >= 4 is 5.91 Å². The van der Waals surface area contributed by atoms with Crippen LogP contribution in [0, 0.1) is 5.82 Å². The van der Waals surface area contributed by atoms with Crippen molar-refractivity contribution in [2.75, 3.05) is 0 Å². The van der Waals surface area contributed by atoms with Crippen LogP contribution in [-0.2, 0) is 0 Å². The van der Waals surface area contributed by atoms with Crippen molar-refractivity contribution in [3.8, 4) is 5.75 Å². The number of amides is 1. The van der Waals surface area contributed by atoms with Crippen molar-refractivity contribution in [1.29, 1.82) is 0 Å². The number of aliphatic hydroxyl groups is 1. The normalized spacial score (nSPS) is 13.4. The molecule has 2 N–H and O–H groups in total. The summed E-state index contributed by atoms with van der Waals surface area (Å²) in [6.45, 7) is -1.51. The van der Waals surface area contributed by atoms with Crippen molar-refractivity contribution in [1.82, 2.24) is 5.32 Å². The maximum absolute atomic E-state index is 12.9. The molecule has 128 valence electrons. The van der Waals surface area contributed by atoms with Gasteiger partial charge in [0.15, 0.2) is 0 Å². The topological polar surface area (TPSA) is 58.6 Å². The summed E-state index contributed by atoms with van der Waals surface area (Å²) in [5, 5.41) is 12.7. The number of nitrogens with one attached hydrogen (secondary N) is 1. The van der Waals surface area contributed by atoms with Crippen LogP contribution in [0.1, 0.15) is 28.9 Å². The quantitative estimate of drug-likeness (QED) is 0.849. The molecule has 2 aromatic carbocycles. The van der Waals surface area contributed by atoms with E-state index in [1.807, 2.05) is 0 Å². The molecule has 2 rings (SSSR count). The Hall–Kier alpha value is -2.54. The van der Waals surface area contributed by atoms with Crippen LogP contribution in [0.3, 0.4) is 0 Å². The maximum Gasteiger partial charge on any atom is 0.387 e. The Labute approximate surface area is 136 Å². The van der Waals surface area contributed by atoms with Crippen molar-refractivity contribution in [3.05, 3.63) is 65.5 Å². The molecule has 7 heteroatoms. The first-order valence-corrected chi connectivity index (χ1v) is 7.16. The predicted octanol–water partition coefficient (Wildman–Crippen LogP) is 3.28. The van der Waals surface area contributed by atoms with Crippen LogP contribution in [0.2, 0.25) is 0 Å². The van der Waals surface area contributed by atoms with E-state index in [9.17, 15) is 23.1 Å². The Kier molecular flexibility index (Phi) is 5.81. The molecule has 0 aliphatic carbocycles. The van der Waals surface area contributed by atoms with Crippen molar-refractivity contribution in [2.45, 2.75) is 25.7 Å². The van der Waals surface area contributed by atoms with Crippen LogP contribution < -0.4 is 10.1 Å². The predicted molar refractivity (Wildman–Crippen MR) is 81.4 cm³/mol. The third kappa shape index (κ3) is 4.48. The lowest BCUT2D eigenvalue weighted by atomic mass is 10.0. The van der Waals surface area contributed by atoms with Crippen LogP contribution in [-0.4, -0.2) is 23.7 Å². The highest BCUT2D eigenvalue weighted by atomic mass is 19.3. The average molecular weight is 339 g/mol. The van der Waals surface area contributed by atoms with Gasteiger partial charge in [0.1, 0.15) is 11.6 Å². The molecule has 0 spiro atoms.